The summed E-state index contributed by atoms with van der Waals surface area (Å²) in [5.74, 6) is 1.60. The zero-order valence-corrected chi connectivity index (χ0v) is 15.7. The molecule has 1 fully saturated rings. The molecule has 5 nitrogen and oxygen atoms in total. The fraction of sp³-hybridized carbons (Fsp3) is 0.600. The fourth-order valence-corrected chi connectivity index (χ4v) is 3.29. The molecule has 2 rings (SSSR count). The van der Waals surface area contributed by atoms with Gasteiger partial charge in [0.15, 0.2) is 0 Å². The molecule has 25 heavy (non-hydrogen) atoms. The number of benzene rings is 1. The summed E-state index contributed by atoms with van der Waals surface area (Å²) in [6.45, 7) is 6.60. The van der Waals surface area contributed by atoms with Crippen LogP contribution in [0.25, 0.3) is 0 Å². The van der Waals surface area contributed by atoms with Crippen LogP contribution in [0.5, 0.6) is 5.75 Å². The Morgan fingerprint density at radius 1 is 1.24 bits per heavy atom. The van der Waals surface area contributed by atoms with E-state index >= 15 is 0 Å². The Bertz CT molecular complexity index is 571. The Labute approximate surface area is 150 Å². The van der Waals surface area contributed by atoms with Gasteiger partial charge in [0.1, 0.15) is 5.75 Å². The Morgan fingerprint density at radius 2 is 1.96 bits per heavy atom. The summed E-state index contributed by atoms with van der Waals surface area (Å²) in [4.78, 5) is 28.0. The minimum Gasteiger partial charge on any atom is -0.497 e. The van der Waals surface area contributed by atoms with Crippen molar-refractivity contribution in [2.24, 2.45) is 5.92 Å². The maximum atomic E-state index is 12.4. The van der Waals surface area contributed by atoms with Gasteiger partial charge in [0.05, 0.1) is 7.11 Å². The van der Waals surface area contributed by atoms with E-state index in [9.17, 15) is 9.59 Å². The highest BCUT2D eigenvalue weighted by molar-refractivity contribution is 5.78. The van der Waals surface area contributed by atoms with Crippen molar-refractivity contribution < 1.29 is 14.3 Å². The highest BCUT2D eigenvalue weighted by Gasteiger charge is 2.21. The lowest BCUT2D eigenvalue weighted by Gasteiger charge is -2.31. The maximum absolute atomic E-state index is 12.4. The van der Waals surface area contributed by atoms with E-state index in [4.69, 9.17) is 4.74 Å². The monoisotopic (exact) mass is 346 g/mol. The van der Waals surface area contributed by atoms with Crippen LogP contribution in [-0.2, 0) is 16.0 Å². The smallest absolute Gasteiger partial charge is 0.224 e. The third-order valence-electron chi connectivity index (χ3n) is 4.88. The van der Waals surface area contributed by atoms with E-state index in [-0.39, 0.29) is 11.8 Å². The van der Waals surface area contributed by atoms with Crippen molar-refractivity contribution >= 4 is 11.8 Å². The minimum absolute atomic E-state index is 0.0216. The van der Waals surface area contributed by atoms with Crippen molar-refractivity contribution in [1.29, 1.82) is 0 Å². The third kappa shape index (κ3) is 6.07. The molecule has 0 N–H and O–H groups in total. The molecule has 1 aromatic carbocycles. The lowest BCUT2D eigenvalue weighted by Crippen LogP contribution is -2.41. The van der Waals surface area contributed by atoms with Gasteiger partial charge in [-0.15, -0.1) is 0 Å². The van der Waals surface area contributed by atoms with Gasteiger partial charge in [0.2, 0.25) is 11.8 Å². The van der Waals surface area contributed by atoms with Crippen LogP contribution in [0.15, 0.2) is 24.3 Å². The first-order valence-electron chi connectivity index (χ1n) is 9.16. The highest BCUT2D eigenvalue weighted by atomic mass is 16.5. The number of nitrogens with zero attached hydrogens (tertiary/aromatic N) is 2. The average Bonchev–Trinajstić information content (AvgIpc) is 2.61. The van der Waals surface area contributed by atoms with Gasteiger partial charge in [-0.25, -0.2) is 0 Å². The van der Waals surface area contributed by atoms with Gasteiger partial charge in [0, 0.05) is 39.5 Å². The Hall–Kier alpha value is -2.04. The van der Waals surface area contributed by atoms with E-state index in [2.05, 4.69) is 6.92 Å². The Balaban J connectivity index is 1.81. The number of hydrogen-bond acceptors (Lipinski definition) is 3. The lowest BCUT2D eigenvalue weighted by molar-refractivity contribution is -0.134. The summed E-state index contributed by atoms with van der Waals surface area (Å²) in [5.41, 5.74) is 1.16. The van der Waals surface area contributed by atoms with E-state index in [1.165, 1.54) is 6.42 Å². The molecule has 2 amide bonds. The number of methoxy groups -OCH3 is 1. The zero-order valence-electron chi connectivity index (χ0n) is 15.7. The van der Waals surface area contributed by atoms with E-state index < -0.39 is 0 Å². The number of carbonyl (C=O) groups excluding carboxylic acids is 2. The van der Waals surface area contributed by atoms with E-state index in [0.29, 0.717) is 25.4 Å². The molecule has 0 bridgehead atoms. The van der Waals surface area contributed by atoms with Gasteiger partial charge >= 0.3 is 0 Å². The average molecular weight is 346 g/mol. The zero-order chi connectivity index (χ0) is 18.2. The van der Waals surface area contributed by atoms with Gasteiger partial charge in [-0.3, -0.25) is 9.59 Å². The summed E-state index contributed by atoms with van der Waals surface area (Å²) >= 11 is 0. The van der Waals surface area contributed by atoms with Crippen LogP contribution in [0.1, 0.15) is 38.7 Å². The van der Waals surface area contributed by atoms with Crippen LogP contribution in [0.2, 0.25) is 0 Å². The summed E-state index contributed by atoms with van der Waals surface area (Å²) in [6.07, 6.45) is 3.47. The van der Waals surface area contributed by atoms with Crippen molar-refractivity contribution in [3.63, 3.8) is 0 Å². The molecule has 5 heteroatoms. The predicted molar refractivity (Wildman–Crippen MR) is 98.5 cm³/mol. The van der Waals surface area contributed by atoms with Crippen LogP contribution in [0.3, 0.4) is 0 Å². The van der Waals surface area contributed by atoms with Crippen LogP contribution in [0.4, 0.5) is 0 Å². The lowest BCUT2D eigenvalue weighted by atomic mass is 10.00. The first-order chi connectivity index (χ1) is 12.0. The summed E-state index contributed by atoms with van der Waals surface area (Å²) in [6, 6.07) is 7.87. The van der Waals surface area contributed by atoms with Crippen molar-refractivity contribution in [1.82, 2.24) is 9.80 Å². The first kappa shape index (κ1) is 19.3. The molecule has 0 aromatic heterocycles. The summed E-state index contributed by atoms with van der Waals surface area (Å²) in [5, 5.41) is 0. The van der Waals surface area contributed by atoms with Gasteiger partial charge < -0.3 is 14.5 Å². The van der Waals surface area contributed by atoms with Crippen molar-refractivity contribution in [2.75, 3.05) is 33.3 Å². The number of piperidine rings is 1. The molecular weight excluding hydrogens is 316 g/mol. The molecule has 1 saturated heterocycles. The molecule has 0 saturated carbocycles. The highest BCUT2D eigenvalue weighted by Crippen LogP contribution is 2.16. The molecule has 1 atom stereocenters. The second-order valence-corrected chi connectivity index (χ2v) is 6.94. The molecule has 0 spiro atoms. The van der Waals surface area contributed by atoms with Crippen LogP contribution >= 0.6 is 0 Å². The summed E-state index contributed by atoms with van der Waals surface area (Å²) in [7, 11) is 1.65. The Morgan fingerprint density at radius 3 is 2.56 bits per heavy atom. The number of rotatable bonds is 7. The molecule has 1 aromatic rings. The van der Waals surface area contributed by atoms with Crippen LogP contribution < -0.4 is 4.74 Å². The first-order valence-corrected chi connectivity index (χ1v) is 9.16. The normalized spacial score (nSPS) is 17.2. The molecule has 1 aliphatic rings. The number of likely N-dealkylation sites (tertiary alicyclic amines) is 1. The maximum Gasteiger partial charge on any atom is 0.224 e. The molecule has 0 aliphatic carbocycles. The van der Waals surface area contributed by atoms with Crippen molar-refractivity contribution in [3.8, 4) is 5.75 Å². The molecule has 1 heterocycles. The van der Waals surface area contributed by atoms with Crippen molar-refractivity contribution in [2.45, 2.75) is 39.5 Å². The second-order valence-electron chi connectivity index (χ2n) is 6.94. The van der Waals surface area contributed by atoms with E-state index in [1.54, 1.807) is 18.9 Å². The number of amides is 2. The standard InChI is InChI=1S/C20H30N2O3/c1-16-5-4-12-22(15-16)20(24)11-14-21(17(2)23)13-10-18-6-8-19(25-3)9-7-18/h6-9,16H,4-5,10-15H2,1-3H3. The minimum atomic E-state index is 0.0216. The largest absolute Gasteiger partial charge is 0.497 e. The SMILES string of the molecule is COc1ccc(CCN(CCC(=O)N2CCCC(C)C2)C(C)=O)cc1. The molecule has 138 valence electrons. The van der Waals surface area contributed by atoms with E-state index in [0.717, 1.165) is 37.2 Å². The molecular formula is C20H30N2O3. The molecule has 1 aliphatic heterocycles. The predicted octanol–water partition coefficient (Wildman–Crippen LogP) is 2.73. The van der Waals surface area contributed by atoms with E-state index in [1.807, 2.05) is 29.2 Å². The number of ether oxygens (including phenoxy) is 1. The van der Waals surface area contributed by atoms with Gasteiger partial charge in [-0.2, -0.15) is 0 Å². The fourth-order valence-electron chi connectivity index (χ4n) is 3.29. The van der Waals surface area contributed by atoms with Crippen molar-refractivity contribution in [3.05, 3.63) is 29.8 Å². The van der Waals surface area contributed by atoms with Gasteiger partial charge in [0.25, 0.3) is 0 Å². The third-order valence-corrected chi connectivity index (χ3v) is 4.88. The molecule has 1 unspecified atom stereocenters. The Kier molecular flexibility index (Phi) is 7.29. The number of carbonyl (C=O) groups is 2. The molecule has 0 radical (unpaired) electrons. The number of hydrogen-bond donors (Lipinski definition) is 0. The summed E-state index contributed by atoms with van der Waals surface area (Å²) < 4.78 is 5.16. The van der Waals surface area contributed by atoms with Crippen LogP contribution in [0, 0.1) is 5.92 Å². The van der Waals surface area contributed by atoms with Gasteiger partial charge in [-0.05, 0) is 42.9 Å². The van der Waals surface area contributed by atoms with Crippen LogP contribution in [-0.4, -0.2) is 54.9 Å². The second kappa shape index (κ2) is 9.44. The topological polar surface area (TPSA) is 49.9 Å². The quantitative estimate of drug-likeness (QED) is 0.763. The van der Waals surface area contributed by atoms with Gasteiger partial charge in [-0.1, -0.05) is 19.1 Å².